The first kappa shape index (κ1) is 12.1. The molecule has 0 spiro atoms. The van der Waals surface area contributed by atoms with Gasteiger partial charge >= 0.3 is 0 Å². The van der Waals surface area contributed by atoms with Crippen molar-refractivity contribution >= 4 is 21.8 Å². The van der Waals surface area contributed by atoms with Crippen LogP contribution in [0.1, 0.15) is 25.3 Å². The van der Waals surface area contributed by atoms with Crippen LogP contribution in [-0.2, 0) is 0 Å². The van der Waals surface area contributed by atoms with Gasteiger partial charge in [0, 0.05) is 11.1 Å². The largest absolute Gasteiger partial charge is 0.367 e. The standard InChI is InChI=1S/C12H12BrFN2O/c1-6(2)9-11(16-17-12(9)15)7-4-3-5-8(14)10(7)13/h3-6H,15H2,1-2H3. The van der Waals surface area contributed by atoms with Gasteiger partial charge in [0.25, 0.3) is 0 Å². The van der Waals surface area contributed by atoms with E-state index in [1.807, 2.05) is 13.8 Å². The number of benzene rings is 1. The maximum Gasteiger partial charge on any atom is 0.226 e. The smallest absolute Gasteiger partial charge is 0.226 e. The van der Waals surface area contributed by atoms with Crippen molar-refractivity contribution in [2.24, 2.45) is 0 Å². The molecule has 0 amide bonds. The van der Waals surface area contributed by atoms with Crippen molar-refractivity contribution in [1.29, 1.82) is 0 Å². The summed E-state index contributed by atoms with van der Waals surface area (Å²) in [4.78, 5) is 0. The molecule has 2 rings (SSSR count). The van der Waals surface area contributed by atoms with E-state index >= 15 is 0 Å². The van der Waals surface area contributed by atoms with Gasteiger partial charge in [-0.15, -0.1) is 0 Å². The highest BCUT2D eigenvalue weighted by molar-refractivity contribution is 9.10. The Hall–Kier alpha value is -1.36. The van der Waals surface area contributed by atoms with Crippen LogP contribution >= 0.6 is 15.9 Å². The fourth-order valence-electron chi connectivity index (χ4n) is 1.75. The molecule has 3 nitrogen and oxygen atoms in total. The lowest BCUT2D eigenvalue weighted by molar-refractivity contribution is 0.438. The lowest BCUT2D eigenvalue weighted by atomic mass is 9.99. The molecule has 0 saturated heterocycles. The van der Waals surface area contributed by atoms with Gasteiger partial charge < -0.3 is 10.3 Å². The molecule has 0 aliphatic heterocycles. The molecule has 0 atom stereocenters. The number of aromatic nitrogens is 1. The number of hydrogen-bond donors (Lipinski definition) is 1. The zero-order valence-electron chi connectivity index (χ0n) is 9.50. The van der Waals surface area contributed by atoms with Gasteiger partial charge in [-0.05, 0) is 27.9 Å². The van der Waals surface area contributed by atoms with E-state index < -0.39 is 0 Å². The van der Waals surface area contributed by atoms with Crippen molar-refractivity contribution in [3.63, 3.8) is 0 Å². The second-order valence-corrected chi connectivity index (χ2v) is 4.86. The predicted octanol–water partition coefficient (Wildman–Crippen LogP) is 3.95. The van der Waals surface area contributed by atoms with Crippen LogP contribution < -0.4 is 5.73 Å². The van der Waals surface area contributed by atoms with Crippen LogP contribution in [-0.4, -0.2) is 5.16 Å². The lowest BCUT2D eigenvalue weighted by Gasteiger charge is -2.07. The minimum Gasteiger partial charge on any atom is -0.367 e. The molecule has 1 heterocycles. The molecule has 90 valence electrons. The van der Waals surface area contributed by atoms with Crippen molar-refractivity contribution < 1.29 is 8.91 Å². The van der Waals surface area contributed by atoms with Gasteiger partial charge in [-0.3, -0.25) is 0 Å². The molecule has 0 radical (unpaired) electrons. The minimum absolute atomic E-state index is 0.159. The monoisotopic (exact) mass is 298 g/mol. The number of hydrogen-bond acceptors (Lipinski definition) is 3. The molecule has 0 fully saturated rings. The average Bonchev–Trinajstić information content (AvgIpc) is 2.64. The number of anilines is 1. The molecular weight excluding hydrogens is 287 g/mol. The van der Waals surface area contributed by atoms with Crippen molar-refractivity contribution in [1.82, 2.24) is 5.16 Å². The van der Waals surface area contributed by atoms with Crippen LogP contribution in [0.5, 0.6) is 0 Å². The zero-order chi connectivity index (χ0) is 12.6. The number of halogens is 2. The summed E-state index contributed by atoms with van der Waals surface area (Å²) >= 11 is 3.21. The highest BCUT2D eigenvalue weighted by Gasteiger charge is 2.20. The minimum atomic E-state index is -0.334. The summed E-state index contributed by atoms with van der Waals surface area (Å²) in [6, 6.07) is 4.78. The van der Waals surface area contributed by atoms with Crippen LogP contribution in [0.2, 0.25) is 0 Å². The van der Waals surface area contributed by atoms with E-state index in [0.29, 0.717) is 15.7 Å². The highest BCUT2D eigenvalue weighted by Crippen LogP contribution is 2.37. The second kappa shape index (κ2) is 4.49. The first-order valence-electron chi connectivity index (χ1n) is 5.21. The molecule has 0 saturated carbocycles. The third-order valence-corrected chi connectivity index (χ3v) is 3.35. The molecule has 0 bridgehead atoms. The Morgan fingerprint density at radius 2 is 2.12 bits per heavy atom. The summed E-state index contributed by atoms with van der Waals surface area (Å²) < 4.78 is 18.8. The van der Waals surface area contributed by atoms with E-state index in [9.17, 15) is 4.39 Å². The highest BCUT2D eigenvalue weighted by atomic mass is 79.9. The van der Waals surface area contributed by atoms with Gasteiger partial charge in [0.2, 0.25) is 5.88 Å². The molecule has 0 unspecified atom stereocenters. The summed E-state index contributed by atoms with van der Waals surface area (Å²) in [7, 11) is 0. The third kappa shape index (κ3) is 2.07. The van der Waals surface area contributed by atoms with Crippen molar-refractivity contribution in [2.75, 3.05) is 5.73 Å². The number of nitrogens with zero attached hydrogens (tertiary/aromatic N) is 1. The zero-order valence-corrected chi connectivity index (χ0v) is 11.1. The number of nitrogen functional groups attached to an aromatic ring is 1. The van der Waals surface area contributed by atoms with Crippen LogP contribution in [0.3, 0.4) is 0 Å². The maximum atomic E-state index is 13.5. The molecule has 17 heavy (non-hydrogen) atoms. The summed E-state index contributed by atoms with van der Waals surface area (Å²) in [5.74, 6) is 0.108. The Kier molecular flexibility index (Phi) is 3.19. The Balaban J connectivity index is 2.65. The molecular formula is C12H12BrFN2O. The third-order valence-electron chi connectivity index (χ3n) is 2.54. The van der Waals surface area contributed by atoms with Crippen molar-refractivity contribution in [2.45, 2.75) is 19.8 Å². The van der Waals surface area contributed by atoms with E-state index in [1.54, 1.807) is 12.1 Å². The molecule has 1 aromatic heterocycles. The first-order chi connectivity index (χ1) is 8.02. The molecule has 0 aliphatic carbocycles. The summed E-state index contributed by atoms with van der Waals surface area (Å²) in [6.07, 6.45) is 0. The Morgan fingerprint density at radius 3 is 2.76 bits per heavy atom. The van der Waals surface area contributed by atoms with Gasteiger partial charge in [-0.1, -0.05) is 31.1 Å². The van der Waals surface area contributed by atoms with Crippen LogP contribution in [0.15, 0.2) is 27.2 Å². The Labute approximate surface area is 107 Å². The number of nitrogens with two attached hydrogens (primary N) is 1. The Morgan fingerprint density at radius 1 is 1.41 bits per heavy atom. The summed E-state index contributed by atoms with van der Waals surface area (Å²) in [6.45, 7) is 3.97. The first-order valence-corrected chi connectivity index (χ1v) is 6.01. The second-order valence-electron chi connectivity index (χ2n) is 4.07. The van der Waals surface area contributed by atoms with E-state index in [-0.39, 0.29) is 17.6 Å². The van der Waals surface area contributed by atoms with Gasteiger partial charge in [-0.2, -0.15) is 0 Å². The van der Waals surface area contributed by atoms with Gasteiger partial charge in [-0.25, -0.2) is 4.39 Å². The molecule has 2 aromatic rings. The van der Waals surface area contributed by atoms with Gasteiger partial charge in [0.1, 0.15) is 11.5 Å². The van der Waals surface area contributed by atoms with Crippen LogP contribution in [0.4, 0.5) is 10.3 Å². The fourth-order valence-corrected chi connectivity index (χ4v) is 2.20. The van der Waals surface area contributed by atoms with Gasteiger partial charge in [0.15, 0.2) is 0 Å². The Bertz CT molecular complexity index is 551. The fraction of sp³-hybridized carbons (Fsp3) is 0.250. The quantitative estimate of drug-likeness (QED) is 0.913. The van der Waals surface area contributed by atoms with E-state index in [1.165, 1.54) is 6.07 Å². The van der Waals surface area contributed by atoms with E-state index in [2.05, 4.69) is 21.1 Å². The summed E-state index contributed by atoms with van der Waals surface area (Å²) in [5, 5.41) is 3.91. The molecule has 5 heteroatoms. The van der Waals surface area contributed by atoms with E-state index in [4.69, 9.17) is 10.3 Å². The SMILES string of the molecule is CC(C)c1c(-c2cccc(F)c2Br)noc1N. The molecule has 0 aliphatic rings. The van der Waals surface area contributed by atoms with Crippen LogP contribution in [0.25, 0.3) is 11.3 Å². The normalized spacial score (nSPS) is 11.1. The van der Waals surface area contributed by atoms with Crippen LogP contribution in [0, 0.1) is 5.82 Å². The van der Waals surface area contributed by atoms with Crippen molar-refractivity contribution in [3.8, 4) is 11.3 Å². The maximum absolute atomic E-state index is 13.5. The lowest BCUT2D eigenvalue weighted by Crippen LogP contribution is -1.95. The van der Waals surface area contributed by atoms with Crippen molar-refractivity contribution in [3.05, 3.63) is 34.1 Å². The topological polar surface area (TPSA) is 52.0 Å². The molecule has 2 N–H and O–H groups in total. The van der Waals surface area contributed by atoms with Gasteiger partial charge in [0.05, 0.1) is 4.47 Å². The number of rotatable bonds is 2. The molecule has 1 aromatic carbocycles. The average molecular weight is 299 g/mol. The van der Waals surface area contributed by atoms with E-state index in [0.717, 1.165) is 5.56 Å². The predicted molar refractivity (Wildman–Crippen MR) is 68.1 cm³/mol. The summed E-state index contributed by atoms with van der Waals surface area (Å²) in [5.41, 5.74) is 7.77.